The maximum absolute atomic E-state index is 13.3. The molecule has 4 aliphatic rings. The van der Waals surface area contributed by atoms with Crippen LogP contribution < -0.4 is 9.64 Å². The van der Waals surface area contributed by atoms with Gasteiger partial charge in [-0.1, -0.05) is 6.08 Å². The minimum absolute atomic E-state index is 0.253. The van der Waals surface area contributed by atoms with Crippen LogP contribution in [0.4, 0.5) is 5.69 Å². The van der Waals surface area contributed by atoms with E-state index in [9.17, 15) is 9.59 Å². The molecule has 0 N–H and O–H groups in total. The first kappa shape index (κ1) is 16.0. The Bertz CT molecular complexity index is 814. The molecule has 4 heterocycles. The predicted molar refractivity (Wildman–Crippen MR) is 89.5 cm³/mol. The van der Waals surface area contributed by atoms with Crippen LogP contribution in [0.3, 0.4) is 0 Å². The normalized spacial score (nSPS) is 38.5. The van der Waals surface area contributed by atoms with Gasteiger partial charge in [0.25, 0.3) is 0 Å². The van der Waals surface area contributed by atoms with Gasteiger partial charge in [0.15, 0.2) is 11.9 Å². The maximum Gasteiger partial charge on any atom is 0.241 e. The van der Waals surface area contributed by atoms with E-state index in [4.69, 9.17) is 18.9 Å². The number of carbonyl (C=O) groups excluding carboxylic acids is 2. The zero-order valence-electron chi connectivity index (χ0n) is 14.5. The van der Waals surface area contributed by atoms with Crippen molar-refractivity contribution in [3.63, 3.8) is 0 Å². The fourth-order valence-electron chi connectivity index (χ4n) is 4.66. The van der Waals surface area contributed by atoms with E-state index < -0.39 is 29.3 Å². The maximum atomic E-state index is 13.3. The molecule has 2 bridgehead atoms. The number of carbonyl (C=O) groups is 2. The van der Waals surface area contributed by atoms with Gasteiger partial charge in [0.05, 0.1) is 43.4 Å². The molecule has 2 amide bonds. The first-order valence-corrected chi connectivity index (χ1v) is 8.66. The smallest absolute Gasteiger partial charge is 0.241 e. The number of amides is 2. The van der Waals surface area contributed by atoms with Crippen molar-refractivity contribution in [1.29, 1.82) is 0 Å². The Morgan fingerprint density at radius 3 is 2.35 bits per heavy atom. The Morgan fingerprint density at radius 2 is 1.69 bits per heavy atom. The summed E-state index contributed by atoms with van der Waals surface area (Å²) in [7, 11) is 1.57. The molecular formula is C19H19NO6. The number of fused-ring (bicyclic) bond motifs is 5. The van der Waals surface area contributed by atoms with Crippen molar-refractivity contribution < 1.29 is 28.5 Å². The lowest BCUT2D eigenvalue weighted by molar-refractivity contribution is -0.190. The molecule has 1 aromatic rings. The average Bonchev–Trinajstić information content (AvgIpc) is 3.38. The lowest BCUT2D eigenvalue weighted by Gasteiger charge is -2.32. The van der Waals surface area contributed by atoms with Crippen LogP contribution >= 0.6 is 0 Å². The standard InChI is InChI=1S/C19H19NO6/c1-18-7-8-19(26-18,17-24-9-10-25-17)14-13(18)15(21)20(16(14)22)11-3-5-12(23-2)6-4-11/h3-8,13-14,17H,9-10H2,1-2H3. The summed E-state index contributed by atoms with van der Waals surface area (Å²) in [5.74, 6) is -1.12. The minimum atomic E-state index is -1.05. The fraction of sp³-hybridized carbons (Fsp3) is 0.474. The molecule has 3 saturated heterocycles. The molecule has 7 heteroatoms. The van der Waals surface area contributed by atoms with Gasteiger partial charge in [0.2, 0.25) is 11.8 Å². The van der Waals surface area contributed by atoms with Gasteiger partial charge < -0.3 is 18.9 Å². The van der Waals surface area contributed by atoms with Gasteiger partial charge in [0.1, 0.15) is 5.75 Å². The van der Waals surface area contributed by atoms with Gasteiger partial charge in [-0.2, -0.15) is 0 Å². The quantitative estimate of drug-likeness (QED) is 0.599. The molecule has 0 saturated carbocycles. The first-order chi connectivity index (χ1) is 12.5. The van der Waals surface area contributed by atoms with E-state index in [2.05, 4.69) is 0 Å². The molecule has 3 fully saturated rings. The van der Waals surface area contributed by atoms with Gasteiger partial charge >= 0.3 is 0 Å². The Kier molecular flexibility index (Phi) is 3.17. The van der Waals surface area contributed by atoms with E-state index >= 15 is 0 Å². The average molecular weight is 357 g/mol. The molecule has 4 unspecified atom stereocenters. The van der Waals surface area contributed by atoms with Crippen molar-refractivity contribution in [2.45, 2.75) is 24.4 Å². The zero-order valence-corrected chi connectivity index (χ0v) is 14.5. The van der Waals surface area contributed by atoms with Gasteiger partial charge in [-0.15, -0.1) is 0 Å². The monoisotopic (exact) mass is 357 g/mol. The third-order valence-corrected chi connectivity index (χ3v) is 5.80. The molecular weight excluding hydrogens is 338 g/mol. The van der Waals surface area contributed by atoms with E-state index in [0.29, 0.717) is 24.7 Å². The number of rotatable bonds is 3. The van der Waals surface area contributed by atoms with Crippen molar-refractivity contribution in [3.8, 4) is 5.75 Å². The highest BCUT2D eigenvalue weighted by Gasteiger charge is 2.75. The highest BCUT2D eigenvalue weighted by molar-refractivity contribution is 6.23. The van der Waals surface area contributed by atoms with Gasteiger partial charge in [-0.25, -0.2) is 4.90 Å². The Hall–Kier alpha value is -2.22. The Balaban J connectivity index is 1.56. The number of methoxy groups -OCH3 is 1. The minimum Gasteiger partial charge on any atom is -0.497 e. The van der Waals surface area contributed by atoms with Crippen LogP contribution in [0.2, 0.25) is 0 Å². The molecule has 4 atom stereocenters. The summed E-state index contributed by atoms with van der Waals surface area (Å²) in [5.41, 5.74) is -1.36. The van der Waals surface area contributed by atoms with E-state index in [1.807, 2.05) is 19.1 Å². The van der Waals surface area contributed by atoms with Gasteiger partial charge in [-0.05, 0) is 37.3 Å². The van der Waals surface area contributed by atoms with E-state index in [1.165, 1.54) is 4.90 Å². The number of ether oxygens (including phenoxy) is 4. The summed E-state index contributed by atoms with van der Waals surface area (Å²) < 4.78 is 22.7. The molecule has 0 aromatic heterocycles. The van der Waals surface area contributed by atoms with Crippen LogP contribution in [-0.4, -0.2) is 49.6 Å². The molecule has 1 aromatic carbocycles. The second-order valence-electron chi connectivity index (χ2n) is 7.21. The number of hydrogen-bond donors (Lipinski definition) is 0. The zero-order chi connectivity index (χ0) is 18.1. The van der Waals surface area contributed by atoms with Crippen LogP contribution in [0, 0.1) is 11.8 Å². The van der Waals surface area contributed by atoms with Crippen molar-refractivity contribution >= 4 is 17.5 Å². The number of anilines is 1. The number of hydrogen-bond acceptors (Lipinski definition) is 6. The summed E-state index contributed by atoms with van der Waals surface area (Å²) >= 11 is 0. The molecule has 0 spiro atoms. The molecule has 5 rings (SSSR count). The van der Waals surface area contributed by atoms with Gasteiger partial charge in [0, 0.05) is 0 Å². The molecule has 7 nitrogen and oxygen atoms in total. The van der Waals surface area contributed by atoms with Crippen LogP contribution in [-0.2, 0) is 23.8 Å². The topological polar surface area (TPSA) is 74.3 Å². The first-order valence-electron chi connectivity index (χ1n) is 8.66. The molecule has 136 valence electrons. The van der Waals surface area contributed by atoms with E-state index in [0.717, 1.165) is 0 Å². The highest BCUT2D eigenvalue weighted by Crippen LogP contribution is 2.59. The Morgan fingerprint density at radius 1 is 1.04 bits per heavy atom. The van der Waals surface area contributed by atoms with Crippen LogP contribution in [0.5, 0.6) is 5.75 Å². The second-order valence-corrected chi connectivity index (χ2v) is 7.21. The van der Waals surface area contributed by atoms with Crippen molar-refractivity contribution in [2.75, 3.05) is 25.2 Å². The number of benzene rings is 1. The summed E-state index contributed by atoms with van der Waals surface area (Å²) in [4.78, 5) is 27.7. The van der Waals surface area contributed by atoms with E-state index in [-0.39, 0.29) is 11.8 Å². The van der Waals surface area contributed by atoms with Crippen molar-refractivity contribution in [2.24, 2.45) is 11.8 Å². The van der Waals surface area contributed by atoms with Crippen LogP contribution in [0.1, 0.15) is 6.92 Å². The third kappa shape index (κ3) is 1.83. The van der Waals surface area contributed by atoms with Gasteiger partial charge in [-0.3, -0.25) is 9.59 Å². The lowest BCUT2D eigenvalue weighted by atomic mass is 9.72. The largest absolute Gasteiger partial charge is 0.497 e. The second kappa shape index (κ2) is 5.16. The molecule has 0 radical (unpaired) electrons. The number of imide groups is 1. The summed E-state index contributed by atoms with van der Waals surface area (Å²) in [6.07, 6.45) is 3.03. The van der Waals surface area contributed by atoms with Crippen LogP contribution in [0.15, 0.2) is 36.4 Å². The predicted octanol–water partition coefficient (Wildman–Crippen LogP) is 1.27. The summed E-state index contributed by atoms with van der Waals surface area (Å²) in [5, 5.41) is 0. The van der Waals surface area contributed by atoms with Crippen LogP contribution in [0.25, 0.3) is 0 Å². The van der Waals surface area contributed by atoms with E-state index in [1.54, 1.807) is 31.4 Å². The summed E-state index contributed by atoms with van der Waals surface area (Å²) in [6, 6.07) is 6.88. The Labute approximate surface area is 150 Å². The SMILES string of the molecule is COc1ccc(N2C(=O)C3C(C2=O)C2(C4OCCO4)C=CC3(C)O2)cc1. The summed E-state index contributed by atoms with van der Waals surface area (Å²) in [6.45, 7) is 2.73. The highest BCUT2D eigenvalue weighted by atomic mass is 16.7. The fourth-order valence-corrected chi connectivity index (χ4v) is 4.66. The molecule has 4 aliphatic heterocycles. The third-order valence-electron chi connectivity index (χ3n) is 5.80. The molecule has 26 heavy (non-hydrogen) atoms. The number of nitrogens with zero attached hydrogens (tertiary/aromatic N) is 1. The van der Waals surface area contributed by atoms with Crippen molar-refractivity contribution in [1.82, 2.24) is 0 Å². The lowest BCUT2D eigenvalue weighted by Crippen LogP contribution is -2.49. The van der Waals surface area contributed by atoms with Crippen molar-refractivity contribution in [3.05, 3.63) is 36.4 Å². The molecule has 0 aliphatic carbocycles.